The molecule has 0 aromatic rings. The summed E-state index contributed by atoms with van der Waals surface area (Å²) in [6, 6.07) is 0. The summed E-state index contributed by atoms with van der Waals surface area (Å²) in [5.74, 6) is 0.959. The van der Waals surface area contributed by atoms with Gasteiger partial charge in [-0.1, -0.05) is 20.8 Å². The number of nitrogens with zero attached hydrogens (tertiary/aromatic N) is 1. The molecule has 0 aromatic heterocycles. The number of carbonyl (C=O) groups excluding carboxylic acids is 1. The monoisotopic (exact) mass is 215 g/mol. The van der Waals surface area contributed by atoms with Crippen LogP contribution in [0.4, 0.5) is 0 Å². The van der Waals surface area contributed by atoms with Crippen molar-refractivity contribution in [3.8, 4) is 0 Å². The Morgan fingerprint density at radius 3 is 2.40 bits per heavy atom. The first-order chi connectivity index (χ1) is 6.97. The van der Waals surface area contributed by atoms with E-state index in [1.54, 1.807) is 7.11 Å². The minimum absolute atomic E-state index is 0.164. The molecule has 3 heteroatoms. The summed E-state index contributed by atoms with van der Waals surface area (Å²) in [6.07, 6.45) is 0.689. The second-order valence-electron chi connectivity index (χ2n) is 4.69. The Balaban J connectivity index is 3.72. The van der Waals surface area contributed by atoms with Gasteiger partial charge >= 0.3 is 0 Å². The van der Waals surface area contributed by atoms with Crippen LogP contribution in [0.2, 0.25) is 0 Å². The van der Waals surface area contributed by atoms with E-state index in [1.165, 1.54) is 0 Å². The zero-order valence-electron chi connectivity index (χ0n) is 10.7. The number of likely N-dealkylation sites (N-methyl/N-ethyl adjacent to an activating group) is 1. The van der Waals surface area contributed by atoms with E-state index in [4.69, 9.17) is 4.74 Å². The Morgan fingerprint density at radius 2 is 1.93 bits per heavy atom. The van der Waals surface area contributed by atoms with Gasteiger partial charge in [-0.25, -0.2) is 0 Å². The van der Waals surface area contributed by atoms with Gasteiger partial charge in [0.2, 0.25) is 0 Å². The molecular formula is C12H25NO2. The molecule has 0 amide bonds. The Morgan fingerprint density at radius 1 is 1.33 bits per heavy atom. The number of rotatable bonds is 8. The predicted molar refractivity (Wildman–Crippen MR) is 63.0 cm³/mol. The molecule has 0 aliphatic rings. The molecule has 0 fully saturated rings. The van der Waals surface area contributed by atoms with Crippen LogP contribution in [0.1, 0.15) is 27.2 Å². The number of ether oxygens (including phenoxy) is 1. The number of hydrogen-bond acceptors (Lipinski definition) is 3. The van der Waals surface area contributed by atoms with E-state index in [2.05, 4.69) is 18.9 Å². The number of Topliss-reactive ketones (excluding diaryl/α,β-unsaturated/α-hetero) is 1. The molecule has 0 rings (SSSR count). The zero-order valence-corrected chi connectivity index (χ0v) is 10.7. The summed E-state index contributed by atoms with van der Waals surface area (Å²) in [5, 5.41) is 0. The first kappa shape index (κ1) is 14.6. The molecule has 0 N–H and O–H groups in total. The largest absolute Gasteiger partial charge is 0.383 e. The third kappa shape index (κ3) is 7.51. The zero-order chi connectivity index (χ0) is 11.8. The molecule has 90 valence electrons. The van der Waals surface area contributed by atoms with E-state index in [0.29, 0.717) is 18.1 Å². The SMILES string of the molecule is COCCN(C)C[C@@H](C)CC(=O)C(C)C. The molecule has 0 unspecified atom stereocenters. The molecule has 0 spiro atoms. The van der Waals surface area contributed by atoms with Crippen LogP contribution in [0, 0.1) is 11.8 Å². The Hall–Kier alpha value is -0.410. The smallest absolute Gasteiger partial charge is 0.135 e. The van der Waals surface area contributed by atoms with Crippen LogP contribution in [0.3, 0.4) is 0 Å². The minimum Gasteiger partial charge on any atom is -0.383 e. The highest BCUT2D eigenvalue weighted by atomic mass is 16.5. The molecule has 0 saturated heterocycles. The maximum absolute atomic E-state index is 11.5. The van der Waals surface area contributed by atoms with Crippen LogP contribution in [-0.2, 0) is 9.53 Å². The van der Waals surface area contributed by atoms with Gasteiger partial charge in [-0.2, -0.15) is 0 Å². The molecule has 0 bridgehead atoms. The van der Waals surface area contributed by atoms with E-state index in [1.807, 2.05) is 13.8 Å². The summed E-state index contributed by atoms with van der Waals surface area (Å²) in [5.41, 5.74) is 0. The number of methoxy groups -OCH3 is 1. The van der Waals surface area contributed by atoms with E-state index in [9.17, 15) is 4.79 Å². The van der Waals surface area contributed by atoms with Gasteiger partial charge in [-0.05, 0) is 13.0 Å². The Kier molecular flexibility index (Phi) is 7.61. The molecule has 0 aliphatic heterocycles. The summed E-state index contributed by atoms with van der Waals surface area (Å²) in [7, 11) is 3.77. The van der Waals surface area contributed by atoms with Crippen molar-refractivity contribution < 1.29 is 9.53 Å². The fourth-order valence-electron chi connectivity index (χ4n) is 1.51. The van der Waals surface area contributed by atoms with E-state index < -0.39 is 0 Å². The summed E-state index contributed by atoms with van der Waals surface area (Å²) < 4.78 is 5.00. The normalized spacial score (nSPS) is 13.5. The number of hydrogen-bond donors (Lipinski definition) is 0. The van der Waals surface area contributed by atoms with Gasteiger partial charge < -0.3 is 9.64 Å². The first-order valence-electron chi connectivity index (χ1n) is 5.67. The first-order valence-corrected chi connectivity index (χ1v) is 5.67. The van der Waals surface area contributed by atoms with Crippen LogP contribution < -0.4 is 0 Å². The fourth-order valence-corrected chi connectivity index (χ4v) is 1.51. The van der Waals surface area contributed by atoms with Gasteiger partial charge in [0.05, 0.1) is 6.61 Å². The summed E-state index contributed by atoms with van der Waals surface area (Å²) in [6.45, 7) is 8.69. The average Bonchev–Trinajstić information content (AvgIpc) is 2.14. The highest BCUT2D eigenvalue weighted by Gasteiger charge is 2.13. The van der Waals surface area contributed by atoms with Gasteiger partial charge in [-0.3, -0.25) is 4.79 Å². The molecule has 0 aliphatic carbocycles. The summed E-state index contributed by atoms with van der Waals surface area (Å²) in [4.78, 5) is 13.7. The van der Waals surface area contributed by atoms with Crippen molar-refractivity contribution in [2.45, 2.75) is 27.2 Å². The molecular weight excluding hydrogens is 190 g/mol. The fraction of sp³-hybridized carbons (Fsp3) is 0.917. The quantitative estimate of drug-likeness (QED) is 0.618. The van der Waals surface area contributed by atoms with Crippen molar-refractivity contribution in [3.63, 3.8) is 0 Å². The van der Waals surface area contributed by atoms with Crippen LogP contribution in [0.5, 0.6) is 0 Å². The molecule has 0 radical (unpaired) electrons. The molecule has 1 atom stereocenters. The molecule has 0 heterocycles. The number of carbonyl (C=O) groups is 1. The van der Waals surface area contributed by atoms with Crippen molar-refractivity contribution in [1.29, 1.82) is 0 Å². The second-order valence-corrected chi connectivity index (χ2v) is 4.69. The highest BCUT2D eigenvalue weighted by molar-refractivity contribution is 5.80. The van der Waals surface area contributed by atoms with Crippen molar-refractivity contribution in [2.24, 2.45) is 11.8 Å². The van der Waals surface area contributed by atoms with Crippen molar-refractivity contribution in [3.05, 3.63) is 0 Å². The van der Waals surface area contributed by atoms with Crippen molar-refractivity contribution in [1.82, 2.24) is 4.90 Å². The van der Waals surface area contributed by atoms with E-state index >= 15 is 0 Å². The van der Waals surface area contributed by atoms with Crippen LogP contribution >= 0.6 is 0 Å². The molecule has 0 aromatic carbocycles. The Bertz CT molecular complexity index is 180. The lowest BCUT2D eigenvalue weighted by molar-refractivity contribution is -0.122. The van der Waals surface area contributed by atoms with E-state index in [-0.39, 0.29) is 5.92 Å². The van der Waals surface area contributed by atoms with Gasteiger partial charge in [-0.15, -0.1) is 0 Å². The minimum atomic E-state index is 0.164. The Labute approximate surface area is 93.8 Å². The lowest BCUT2D eigenvalue weighted by atomic mass is 9.97. The molecule has 0 saturated carbocycles. The van der Waals surface area contributed by atoms with Crippen LogP contribution in [0.25, 0.3) is 0 Å². The van der Waals surface area contributed by atoms with Crippen molar-refractivity contribution in [2.75, 3.05) is 33.9 Å². The third-order valence-electron chi connectivity index (χ3n) is 2.49. The maximum atomic E-state index is 11.5. The van der Waals surface area contributed by atoms with E-state index in [0.717, 1.165) is 19.7 Å². The van der Waals surface area contributed by atoms with Crippen LogP contribution in [0.15, 0.2) is 0 Å². The van der Waals surface area contributed by atoms with Crippen LogP contribution in [-0.4, -0.2) is 44.5 Å². The van der Waals surface area contributed by atoms with Gasteiger partial charge in [0.15, 0.2) is 0 Å². The highest BCUT2D eigenvalue weighted by Crippen LogP contribution is 2.09. The van der Waals surface area contributed by atoms with Gasteiger partial charge in [0.1, 0.15) is 5.78 Å². The second kappa shape index (κ2) is 7.83. The standard InChI is InChI=1S/C12H25NO2/c1-10(2)12(14)8-11(3)9-13(4)6-7-15-5/h10-11H,6-9H2,1-5H3/t11-/m0/s1. The molecule has 3 nitrogen and oxygen atoms in total. The summed E-state index contributed by atoms with van der Waals surface area (Å²) >= 11 is 0. The van der Waals surface area contributed by atoms with Gasteiger partial charge in [0.25, 0.3) is 0 Å². The number of ketones is 1. The van der Waals surface area contributed by atoms with Crippen molar-refractivity contribution >= 4 is 5.78 Å². The maximum Gasteiger partial charge on any atom is 0.135 e. The average molecular weight is 215 g/mol. The molecule has 15 heavy (non-hydrogen) atoms. The van der Waals surface area contributed by atoms with Gasteiger partial charge in [0, 0.05) is 32.5 Å². The lowest BCUT2D eigenvalue weighted by Crippen LogP contribution is -2.29. The topological polar surface area (TPSA) is 29.5 Å². The third-order valence-corrected chi connectivity index (χ3v) is 2.49. The predicted octanol–water partition coefficient (Wildman–Crippen LogP) is 1.82. The lowest BCUT2D eigenvalue weighted by Gasteiger charge is -2.20.